The molecule has 0 heterocycles. The molecule has 0 aliphatic carbocycles. The van der Waals surface area contributed by atoms with Crippen molar-refractivity contribution in [1.82, 2.24) is 5.32 Å². The summed E-state index contributed by atoms with van der Waals surface area (Å²) in [4.78, 5) is 0. The molecule has 0 amide bonds. The van der Waals surface area contributed by atoms with Crippen molar-refractivity contribution in [2.45, 2.75) is 25.9 Å². The smallest absolute Gasteiger partial charge is 0.120 e. The summed E-state index contributed by atoms with van der Waals surface area (Å²) in [6, 6.07) is 5.64. The van der Waals surface area contributed by atoms with Gasteiger partial charge in [0.2, 0.25) is 0 Å². The number of rotatable bonds is 5. The molecule has 1 aromatic rings. The SMILES string of the molecule is CSCC(C)NC(C)c1cc(Cl)ccc1O. The molecular formula is C12H18ClNOS. The van der Waals surface area contributed by atoms with Crippen LogP contribution in [0.3, 0.4) is 0 Å². The molecule has 2 N–H and O–H groups in total. The molecule has 4 heteroatoms. The fraction of sp³-hybridized carbons (Fsp3) is 0.500. The van der Waals surface area contributed by atoms with Gasteiger partial charge in [0.05, 0.1) is 0 Å². The van der Waals surface area contributed by atoms with E-state index in [1.54, 1.807) is 30.0 Å². The minimum Gasteiger partial charge on any atom is -0.508 e. The molecule has 2 nitrogen and oxygen atoms in total. The molecular weight excluding hydrogens is 242 g/mol. The van der Waals surface area contributed by atoms with Crippen LogP contribution >= 0.6 is 23.4 Å². The highest BCUT2D eigenvalue weighted by molar-refractivity contribution is 7.98. The number of thioether (sulfide) groups is 1. The molecule has 0 fully saturated rings. The maximum atomic E-state index is 9.74. The van der Waals surface area contributed by atoms with Gasteiger partial charge in [0.1, 0.15) is 5.75 Å². The van der Waals surface area contributed by atoms with Crippen molar-refractivity contribution >= 4 is 23.4 Å². The van der Waals surface area contributed by atoms with Crippen molar-refractivity contribution in [2.24, 2.45) is 0 Å². The van der Waals surface area contributed by atoms with Crippen LogP contribution in [0.4, 0.5) is 0 Å². The first kappa shape index (κ1) is 13.7. The number of nitrogens with one attached hydrogen (secondary N) is 1. The Morgan fingerprint density at radius 1 is 1.44 bits per heavy atom. The molecule has 0 bridgehead atoms. The Balaban J connectivity index is 2.72. The lowest BCUT2D eigenvalue weighted by Gasteiger charge is -2.20. The molecule has 0 spiro atoms. The third-order valence-corrected chi connectivity index (χ3v) is 3.48. The molecule has 0 radical (unpaired) electrons. The Labute approximate surface area is 106 Å². The molecule has 2 atom stereocenters. The summed E-state index contributed by atoms with van der Waals surface area (Å²) in [6.45, 7) is 4.16. The van der Waals surface area contributed by atoms with Crippen LogP contribution in [-0.2, 0) is 0 Å². The van der Waals surface area contributed by atoms with Crippen LogP contribution in [0, 0.1) is 0 Å². The topological polar surface area (TPSA) is 32.3 Å². The Hall–Kier alpha value is -0.380. The summed E-state index contributed by atoms with van der Waals surface area (Å²) in [5.41, 5.74) is 0.848. The monoisotopic (exact) mass is 259 g/mol. The van der Waals surface area contributed by atoms with E-state index in [4.69, 9.17) is 11.6 Å². The Kier molecular flexibility index (Phi) is 5.46. The summed E-state index contributed by atoms with van der Waals surface area (Å²) >= 11 is 7.72. The van der Waals surface area contributed by atoms with Crippen LogP contribution in [0.5, 0.6) is 5.75 Å². The minimum atomic E-state index is 0.0980. The standard InChI is InChI=1S/C12H18ClNOS/c1-8(7-16-3)14-9(2)11-6-10(13)4-5-12(11)15/h4-6,8-9,14-15H,7H2,1-3H3. The zero-order chi connectivity index (χ0) is 12.1. The first-order chi connectivity index (χ1) is 7.54. The van der Waals surface area contributed by atoms with Crippen molar-refractivity contribution in [3.63, 3.8) is 0 Å². The zero-order valence-corrected chi connectivity index (χ0v) is 11.4. The van der Waals surface area contributed by atoms with E-state index >= 15 is 0 Å². The molecule has 0 aliphatic heterocycles. The van der Waals surface area contributed by atoms with Gasteiger partial charge in [-0.3, -0.25) is 0 Å². The van der Waals surface area contributed by atoms with Gasteiger partial charge in [0.25, 0.3) is 0 Å². The molecule has 1 aromatic carbocycles. The van der Waals surface area contributed by atoms with Gasteiger partial charge in [-0.1, -0.05) is 11.6 Å². The highest BCUT2D eigenvalue weighted by Gasteiger charge is 2.13. The van der Waals surface area contributed by atoms with Gasteiger partial charge in [0, 0.05) is 28.4 Å². The van der Waals surface area contributed by atoms with Crippen molar-refractivity contribution in [2.75, 3.05) is 12.0 Å². The van der Waals surface area contributed by atoms with Gasteiger partial charge < -0.3 is 10.4 Å². The second kappa shape index (κ2) is 6.38. The number of aromatic hydroxyl groups is 1. The highest BCUT2D eigenvalue weighted by Crippen LogP contribution is 2.27. The van der Waals surface area contributed by atoms with Crippen LogP contribution in [0.15, 0.2) is 18.2 Å². The lowest BCUT2D eigenvalue weighted by Crippen LogP contribution is -2.30. The predicted octanol–water partition coefficient (Wildman–Crippen LogP) is 3.45. The molecule has 0 saturated heterocycles. The van der Waals surface area contributed by atoms with E-state index in [0.717, 1.165) is 11.3 Å². The average molecular weight is 260 g/mol. The molecule has 1 rings (SSSR count). The van der Waals surface area contributed by atoms with Crippen LogP contribution in [0.2, 0.25) is 5.02 Å². The fourth-order valence-corrected chi connectivity index (χ4v) is 2.46. The molecule has 16 heavy (non-hydrogen) atoms. The van der Waals surface area contributed by atoms with E-state index in [0.29, 0.717) is 16.8 Å². The molecule has 0 aliphatic rings. The number of hydrogen-bond donors (Lipinski definition) is 2. The third-order valence-electron chi connectivity index (χ3n) is 2.41. The van der Waals surface area contributed by atoms with Crippen LogP contribution in [0.1, 0.15) is 25.5 Å². The van der Waals surface area contributed by atoms with Gasteiger partial charge in [-0.05, 0) is 38.3 Å². The summed E-state index contributed by atoms with van der Waals surface area (Å²) in [5.74, 6) is 1.34. The van der Waals surface area contributed by atoms with Crippen molar-refractivity contribution in [1.29, 1.82) is 0 Å². The molecule has 2 unspecified atom stereocenters. The van der Waals surface area contributed by atoms with E-state index in [-0.39, 0.29) is 6.04 Å². The quantitative estimate of drug-likeness (QED) is 0.850. The van der Waals surface area contributed by atoms with Crippen molar-refractivity contribution in [3.8, 4) is 5.75 Å². The van der Waals surface area contributed by atoms with E-state index in [9.17, 15) is 5.11 Å². The van der Waals surface area contributed by atoms with E-state index in [1.165, 1.54) is 0 Å². The number of hydrogen-bond acceptors (Lipinski definition) is 3. The summed E-state index contributed by atoms with van der Waals surface area (Å²) in [6.07, 6.45) is 2.08. The second-order valence-electron chi connectivity index (χ2n) is 3.95. The van der Waals surface area contributed by atoms with Gasteiger partial charge >= 0.3 is 0 Å². The maximum absolute atomic E-state index is 9.74. The normalized spacial score (nSPS) is 14.8. The number of phenols is 1. The highest BCUT2D eigenvalue weighted by atomic mass is 35.5. The Morgan fingerprint density at radius 2 is 2.12 bits per heavy atom. The number of phenolic OH excluding ortho intramolecular Hbond substituents is 1. The van der Waals surface area contributed by atoms with Gasteiger partial charge in [0.15, 0.2) is 0 Å². The van der Waals surface area contributed by atoms with Gasteiger partial charge in [-0.15, -0.1) is 0 Å². The van der Waals surface area contributed by atoms with Gasteiger partial charge in [-0.25, -0.2) is 0 Å². The largest absolute Gasteiger partial charge is 0.508 e. The third kappa shape index (κ3) is 3.89. The predicted molar refractivity (Wildman–Crippen MR) is 72.5 cm³/mol. The van der Waals surface area contributed by atoms with E-state index in [2.05, 4.69) is 18.5 Å². The fourth-order valence-electron chi connectivity index (χ4n) is 1.69. The summed E-state index contributed by atoms with van der Waals surface area (Å²) < 4.78 is 0. The van der Waals surface area contributed by atoms with Gasteiger partial charge in [-0.2, -0.15) is 11.8 Å². The Bertz CT molecular complexity index is 346. The van der Waals surface area contributed by atoms with E-state index in [1.807, 2.05) is 6.92 Å². The molecule has 0 saturated carbocycles. The lowest BCUT2D eigenvalue weighted by molar-refractivity contribution is 0.443. The first-order valence-corrected chi connectivity index (χ1v) is 7.05. The van der Waals surface area contributed by atoms with Crippen LogP contribution in [0.25, 0.3) is 0 Å². The zero-order valence-electron chi connectivity index (χ0n) is 9.83. The van der Waals surface area contributed by atoms with Crippen LogP contribution in [-0.4, -0.2) is 23.2 Å². The second-order valence-corrected chi connectivity index (χ2v) is 5.30. The van der Waals surface area contributed by atoms with E-state index < -0.39 is 0 Å². The Morgan fingerprint density at radius 3 is 2.75 bits per heavy atom. The first-order valence-electron chi connectivity index (χ1n) is 5.28. The summed E-state index contributed by atoms with van der Waals surface area (Å²) in [7, 11) is 0. The number of halogens is 1. The van der Waals surface area contributed by atoms with Crippen molar-refractivity contribution < 1.29 is 5.11 Å². The summed E-state index contributed by atoms with van der Waals surface area (Å²) in [5, 5.41) is 13.8. The molecule has 0 aromatic heterocycles. The number of benzene rings is 1. The lowest BCUT2D eigenvalue weighted by atomic mass is 10.1. The molecule has 90 valence electrons. The van der Waals surface area contributed by atoms with Crippen LogP contribution < -0.4 is 5.32 Å². The van der Waals surface area contributed by atoms with Crippen molar-refractivity contribution in [3.05, 3.63) is 28.8 Å². The minimum absolute atomic E-state index is 0.0980. The average Bonchev–Trinajstić information content (AvgIpc) is 2.21. The maximum Gasteiger partial charge on any atom is 0.120 e.